The Labute approximate surface area is 118 Å². The first-order valence-electron chi connectivity index (χ1n) is 6.76. The predicted molar refractivity (Wildman–Crippen MR) is 74.7 cm³/mol. The van der Waals surface area contributed by atoms with E-state index in [0.717, 1.165) is 6.54 Å². The molecule has 4 heteroatoms. The van der Waals surface area contributed by atoms with Gasteiger partial charge in [-0.1, -0.05) is 18.3 Å². The Hall–Kier alpha value is -1.86. The number of nitrogens with zero attached hydrogens (tertiary/aromatic N) is 1. The van der Waals surface area contributed by atoms with Crippen LogP contribution in [0.3, 0.4) is 0 Å². The van der Waals surface area contributed by atoms with E-state index in [1.54, 1.807) is 18.0 Å². The van der Waals surface area contributed by atoms with Crippen molar-refractivity contribution in [2.45, 2.75) is 19.3 Å². The van der Waals surface area contributed by atoms with Crippen LogP contribution in [0.2, 0.25) is 0 Å². The van der Waals surface area contributed by atoms with Crippen molar-refractivity contribution < 1.29 is 14.3 Å². The van der Waals surface area contributed by atoms with Crippen molar-refractivity contribution in [3.63, 3.8) is 0 Å². The average Bonchev–Trinajstić information content (AvgIpc) is 2.40. The molecule has 1 fully saturated rings. The Morgan fingerprint density at radius 1 is 1.50 bits per heavy atom. The number of amides is 1. The van der Waals surface area contributed by atoms with Gasteiger partial charge in [-0.2, -0.15) is 0 Å². The van der Waals surface area contributed by atoms with Gasteiger partial charge in [-0.3, -0.25) is 4.79 Å². The van der Waals surface area contributed by atoms with Gasteiger partial charge in [-0.15, -0.1) is 0 Å². The molecule has 2 rings (SSSR count). The highest BCUT2D eigenvalue weighted by Crippen LogP contribution is 2.27. The Kier molecular flexibility index (Phi) is 4.75. The third-order valence-corrected chi connectivity index (χ3v) is 3.62. The third kappa shape index (κ3) is 3.37. The Bertz CT molecular complexity index is 555. The van der Waals surface area contributed by atoms with Crippen LogP contribution in [0.15, 0.2) is 18.2 Å². The molecule has 0 aromatic heterocycles. The number of aliphatic hydroxyl groups is 1. The summed E-state index contributed by atoms with van der Waals surface area (Å²) in [5, 5.41) is 8.59. The standard InChI is InChI=1S/C16H18FNO2/c1-18(11-12-4-2-5-12)16(20)14-8-7-13(6-3-9-19)15(17)10-14/h7-8,10,12,19H,2,4-5,9,11H2,1H3. The summed E-state index contributed by atoms with van der Waals surface area (Å²) in [6, 6.07) is 4.26. The van der Waals surface area contributed by atoms with Crippen molar-refractivity contribution in [3.05, 3.63) is 35.1 Å². The molecule has 20 heavy (non-hydrogen) atoms. The molecule has 0 spiro atoms. The molecular weight excluding hydrogens is 257 g/mol. The molecule has 1 saturated carbocycles. The molecule has 106 valence electrons. The van der Waals surface area contributed by atoms with Crippen molar-refractivity contribution in [1.82, 2.24) is 4.90 Å². The summed E-state index contributed by atoms with van der Waals surface area (Å²) < 4.78 is 13.8. The van der Waals surface area contributed by atoms with Gasteiger partial charge in [0.15, 0.2) is 0 Å². The molecule has 0 heterocycles. The lowest BCUT2D eigenvalue weighted by atomic mass is 9.85. The molecule has 0 saturated heterocycles. The number of aliphatic hydroxyl groups excluding tert-OH is 1. The quantitative estimate of drug-likeness (QED) is 0.858. The number of hydrogen-bond acceptors (Lipinski definition) is 2. The predicted octanol–water partition coefficient (Wildman–Crippen LogP) is 2.04. The lowest BCUT2D eigenvalue weighted by Crippen LogP contribution is -2.34. The number of carbonyl (C=O) groups is 1. The lowest BCUT2D eigenvalue weighted by Gasteiger charge is -2.30. The summed E-state index contributed by atoms with van der Waals surface area (Å²) >= 11 is 0. The lowest BCUT2D eigenvalue weighted by molar-refractivity contribution is 0.0744. The average molecular weight is 275 g/mol. The van der Waals surface area contributed by atoms with Crippen LogP contribution in [0.1, 0.15) is 35.2 Å². The van der Waals surface area contributed by atoms with E-state index < -0.39 is 5.82 Å². The zero-order valence-electron chi connectivity index (χ0n) is 11.5. The SMILES string of the molecule is CN(CC1CCC1)C(=O)c1ccc(C#CCO)c(F)c1. The minimum atomic E-state index is -0.533. The molecule has 1 amide bonds. The highest BCUT2D eigenvalue weighted by molar-refractivity contribution is 5.94. The Balaban J connectivity index is 2.07. The molecule has 0 aliphatic heterocycles. The largest absolute Gasteiger partial charge is 0.384 e. The third-order valence-electron chi connectivity index (χ3n) is 3.62. The van der Waals surface area contributed by atoms with Crippen LogP contribution in [0.4, 0.5) is 4.39 Å². The fourth-order valence-electron chi connectivity index (χ4n) is 2.25. The van der Waals surface area contributed by atoms with E-state index in [1.165, 1.54) is 31.4 Å². The summed E-state index contributed by atoms with van der Waals surface area (Å²) in [5.74, 6) is 4.78. The van der Waals surface area contributed by atoms with Crippen LogP contribution < -0.4 is 0 Å². The maximum atomic E-state index is 13.8. The molecule has 0 atom stereocenters. The van der Waals surface area contributed by atoms with Crippen molar-refractivity contribution in [2.75, 3.05) is 20.2 Å². The molecule has 1 aliphatic rings. The van der Waals surface area contributed by atoms with E-state index >= 15 is 0 Å². The Morgan fingerprint density at radius 2 is 2.25 bits per heavy atom. The second-order valence-corrected chi connectivity index (χ2v) is 5.14. The number of benzene rings is 1. The second-order valence-electron chi connectivity index (χ2n) is 5.14. The van der Waals surface area contributed by atoms with Crippen LogP contribution in [-0.4, -0.2) is 36.1 Å². The van der Waals surface area contributed by atoms with Crippen molar-refractivity contribution in [3.8, 4) is 11.8 Å². The molecule has 3 nitrogen and oxygen atoms in total. The van der Waals surface area contributed by atoms with E-state index in [9.17, 15) is 9.18 Å². The maximum absolute atomic E-state index is 13.8. The van der Waals surface area contributed by atoms with Gasteiger partial charge in [0.2, 0.25) is 0 Å². The smallest absolute Gasteiger partial charge is 0.253 e. The molecule has 1 aliphatic carbocycles. The van der Waals surface area contributed by atoms with Crippen LogP contribution in [0, 0.1) is 23.6 Å². The fourth-order valence-corrected chi connectivity index (χ4v) is 2.25. The normalized spacial score (nSPS) is 14.2. The summed E-state index contributed by atoms with van der Waals surface area (Å²) in [5.41, 5.74) is 0.524. The number of hydrogen-bond donors (Lipinski definition) is 1. The van der Waals surface area contributed by atoms with E-state index in [2.05, 4.69) is 11.8 Å². The zero-order chi connectivity index (χ0) is 14.5. The summed E-state index contributed by atoms with van der Waals surface area (Å²) in [4.78, 5) is 13.8. The van der Waals surface area contributed by atoms with Crippen molar-refractivity contribution in [2.24, 2.45) is 5.92 Å². The van der Waals surface area contributed by atoms with Gasteiger partial charge in [0.05, 0.1) is 5.56 Å². The van der Waals surface area contributed by atoms with Crippen molar-refractivity contribution in [1.29, 1.82) is 0 Å². The molecular formula is C16H18FNO2. The summed E-state index contributed by atoms with van der Waals surface area (Å²) in [7, 11) is 1.75. The molecule has 1 N–H and O–H groups in total. The Morgan fingerprint density at radius 3 is 2.80 bits per heavy atom. The molecule has 1 aromatic rings. The van der Waals surface area contributed by atoms with E-state index in [4.69, 9.17) is 5.11 Å². The van der Waals surface area contributed by atoms with Gasteiger partial charge in [-0.05, 0) is 37.0 Å². The van der Waals surface area contributed by atoms with Crippen LogP contribution in [0.25, 0.3) is 0 Å². The van der Waals surface area contributed by atoms with Gasteiger partial charge >= 0.3 is 0 Å². The van der Waals surface area contributed by atoms with Crippen LogP contribution in [0.5, 0.6) is 0 Å². The molecule has 0 unspecified atom stereocenters. The van der Waals surface area contributed by atoms with Gasteiger partial charge in [0, 0.05) is 19.2 Å². The maximum Gasteiger partial charge on any atom is 0.253 e. The fraction of sp³-hybridized carbons (Fsp3) is 0.438. The van der Waals surface area contributed by atoms with Gasteiger partial charge in [0.1, 0.15) is 12.4 Å². The van der Waals surface area contributed by atoms with Crippen LogP contribution >= 0.6 is 0 Å². The minimum Gasteiger partial charge on any atom is -0.384 e. The monoisotopic (exact) mass is 275 g/mol. The number of rotatable bonds is 3. The van der Waals surface area contributed by atoms with E-state index in [1.807, 2.05) is 0 Å². The number of halogens is 1. The second kappa shape index (κ2) is 6.53. The molecule has 0 radical (unpaired) electrons. The van der Waals surface area contributed by atoms with Gasteiger partial charge in [-0.25, -0.2) is 4.39 Å². The van der Waals surface area contributed by atoms with Gasteiger partial charge < -0.3 is 10.0 Å². The summed E-state index contributed by atoms with van der Waals surface area (Å²) in [6.45, 7) is 0.413. The highest BCUT2D eigenvalue weighted by Gasteiger charge is 2.22. The van der Waals surface area contributed by atoms with Gasteiger partial charge in [0.25, 0.3) is 5.91 Å². The summed E-state index contributed by atoms with van der Waals surface area (Å²) in [6.07, 6.45) is 3.57. The first-order valence-corrected chi connectivity index (χ1v) is 6.76. The number of carbonyl (C=O) groups excluding carboxylic acids is 1. The van der Waals surface area contributed by atoms with E-state index in [-0.39, 0.29) is 18.1 Å². The topological polar surface area (TPSA) is 40.5 Å². The molecule has 1 aromatic carbocycles. The zero-order valence-corrected chi connectivity index (χ0v) is 11.5. The van der Waals surface area contributed by atoms with Crippen molar-refractivity contribution >= 4 is 5.91 Å². The minimum absolute atomic E-state index is 0.169. The van der Waals surface area contributed by atoms with E-state index in [0.29, 0.717) is 11.5 Å². The molecule has 0 bridgehead atoms. The highest BCUT2D eigenvalue weighted by atomic mass is 19.1. The van der Waals surface area contributed by atoms with Crippen LogP contribution in [-0.2, 0) is 0 Å². The first kappa shape index (κ1) is 14.5. The first-order chi connectivity index (χ1) is 9.61.